The molecule has 1 amide bonds. The van der Waals surface area contributed by atoms with Gasteiger partial charge in [-0.15, -0.1) is 0 Å². The minimum atomic E-state index is 0.0498. The normalized spacial score (nSPS) is 34.5. The van der Waals surface area contributed by atoms with Gasteiger partial charge in [-0.2, -0.15) is 0 Å². The summed E-state index contributed by atoms with van der Waals surface area (Å²) in [5.41, 5.74) is 0. The molecule has 1 aliphatic carbocycles. The molecule has 3 rings (SSSR count). The molecule has 1 saturated carbocycles. The van der Waals surface area contributed by atoms with E-state index >= 15 is 0 Å². The Kier molecular flexibility index (Phi) is 5.14. The summed E-state index contributed by atoms with van der Waals surface area (Å²) in [6.45, 7) is 4.35. The van der Waals surface area contributed by atoms with Crippen LogP contribution in [-0.4, -0.2) is 72.2 Å². The Labute approximate surface area is 127 Å². The van der Waals surface area contributed by atoms with Crippen LogP contribution in [0.2, 0.25) is 0 Å². The van der Waals surface area contributed by atoms with E-state index in [2.05, 4.69) is 10.2 Å². The SMILES string of the molecule is O=C(C1CCC2CCCCC2N1)N1CCN(CCO)CC1. The molecule has 2 saturated heterocycles. The topological polar surface area (TPSA) is 55.8 Å². The van der Waals surface area contributed by atoms with Crippen molar-refractivity contribution in [1.82, 2.24) is 15.1 Å². The molecular weight excluding hydrogens is 266 g/mol. The lowest BCUT2D eigenvalue weighted by Gasteiger charge is -2.42. The maximum Gasteiger partial charge on any atom is 0.239 e. The van der Waals surface area contributed by atoms with Gasteiger partial charge in [0.05, 0.1) is 12.6 Å². The molecule has 0 aromatic carbocycles. The first kappa shape index (κ1) is 15.3. The third-order valence-corrected chi connectivity index (χ3v) is 5.55. The van der Waals surface area contributed by atoms with Crippen molar-refractivity contribution in [3.63, 3.8) is 0 Å². The summed E-state index contributed by atoms with van der Waals surface area (Å²) in [5, 5.41) is 12.6. The first-order valence-electron chi connectivity index (χ1n) is 8.66. The second kappa shape index (κ2) is 7.07. The Bertz CT molecular complexity index is 355. The lowest BCUT2D eigenvalue weighted by atomic mass is 9.77. The van der Waals surface area contributed by atoms with Crippen molar-refractivity contribution in [3.8, 4) is 0 Å². The Hall–Kier alpha value is -0.650. The summed E-state index contributed by atoms with van der Waals surface area (Å²) in [4.78, 5) is 16.9. The summed E-state index contributed by atoms with van der Waals surface area (Å²) in [5.74, 6) is 1.12. The molecule has 2 aliphatic heterocycles. The maximum absolute atomic E-state index is 12.7. The van der Waals surface area contributed by atoms with Crippen molar-refractivity contribution in [3.05, 3.63) is 0 Å². The fourth-order valence-corrected chi connectivity index (χ4v) is 4.24. The quantitative estimate of drug-likeness (QED) is 0.793. The predicted octanol–water partition coefficient (Wildman–Crippen LogP) is 0.434. The van der Waals surface area contributed by atoms with Gasteiger partial charge < -0.3 is 15.3 Å². The van der Waals surface area contributed by atoms with E-state index in [1.54, 1.807) is 0 Å². The molecule has 3 fully saturated rings. The van der Waals surface area contributed by atoms with Crippen LogP contribution in [0.3, 0.4) is 0 Å². The highest BCUT2D eigenvalue weighted by atomic mass is 16.3. The number of piperidine rings is 1. The molecular formula is C16H29N3O2. The van der Waals surface area contributed by atoms with Gasteiger partial charge in [0.2, 0.25) is 5.91 Å². The monoisotopic (exact) mass is 295 g/mol. The minimum absolute atomic E-state index is 0.0498. The number of amides is 1. The van der Waals surface area contributed by atoms with E-state index in [9.17, 15) is 4.79 Å². The van der Waals surface area contributed by atoms with Gasteiger partial charge in [-0.1, -0.05) is 12.8 Å². The van der Waals surface area contributed by atoms with Gasteiger partial charge in [-0.3, -0.25) is 9.69 Å². The number of hydrogen-bond acceptors (Lipinski definition) is 4. The zero-order valence-electron chi connectivity index (χ0n) is 13.0. The van der Waals surface area contributed by atoms with E-state index < -0.39 is 0 Å². The second-order valence-corrected chi connectivity index (χ2v) is 6.84. The number of carbonyl (C=O) groups is 1. The molecule has 0 bridgehead atoms. The second-order valence-electron chi connectivity index (χ2n) is 6.84. The number of aliphatic hydroxyl groups is 1. The molecule has 3 unspecified atom stereocenters. The van der Waals surface area contributed by atoms with Gasteiger partial charge in [-0.25, -0.2) is 0 Å². The number of carbonyl (C=O) groups excluding carboxylic acids is 1. The van der Waals surface area contributed by atoms with Crippen molar-refractivity contribution < 1.29 is 9.90 Å². The zero-order valence-corrected chi connectivity index (χ0v) is 13.0. The van der Waals surface area contributed by atoms with Gasteiger partial charge in [-0.05, 0) is 31.6 Å². The minimum Gasteiger partial charge on any atom is -0.395 e. The van der Waals surface area contributed by atoms with E-state index in [0.717, 1.165) is 45.1 Å². The number of hydrogen-bond donors (Lipinski definition) is 2. The molecule has 120 valence electrons. The number of β-amino-alcohol motifs (C(OH)–C–C–N with tert-alkyl or cyclic N) is 1. The predicted molar refractivity (Wildman–Crippen MR) is 82.0 cm³/mol. The average molecular weight is 295 g/mol. The largest absolute Gasteiger partial charge is 0.395 e. The van der Waals surface area contributed by atoms with Crippen molar-refractivity contribution in [2.24, 2.45) is 5.92 Å². The van der Waals surface area contributed by atoms with E-state index in [4.69, 9.17) is 5.11 Å². The van der Waals surface area contributed by atoms with E-state index in [-0.39, 0.29) is 12.6 Å². The number of nitrogens with zero attached hydrogens (tertiary/aromatic N) is 2. The van der Waals surface area contributed by atoms with Gasteiger partial charge >= 0.3 is 0 Å². The summed E-state index contributed by atoms with van der Waals surface area (Å²) in [6.07, 6.45) is 7.51. The maximum atomic E-state index is 12.7. The molecule has 5 heteroatoms. The van der Waals surface area contributed by atoms with Gasteiger partial charge in [0, 0.05) is 38.8 Å². The van der Waals surface area contributed by atoms with E-state index in [1.807, 2.05) is 4.90 Å². The molecule has 0 aromatic rings. The summed E-state index contributed by atoms with van der Waals surface area (Å²) in [6, 6.07) is 0.630. The summed E-state index contributed by atoms with van der Waals surface area (Å²) < 4.78 is 0. The molecule has 2 N–H and O–H groups in total. The highest BCUT2D eigenvalue weighted by Gasteiger charge is 2.36. The standard InChI is InChI=1S/C16H29N3O2/c20-12-11-18-7-9-19(10-8-18)16(21)15-6-5-13-3-1-2-4-14(13)17-15/h13-15,17,20H,1-12H2. The Morgan fingerprint density at radius 3 is 2.57 bits per heavy atom. The van der Waals surface area contributed by atoms with Crippen LogP contribution in [0.4, 0.5) is 0 Å². The van der Waals surface area contributed by atoms with Crippen LogP contribution in [0.5, 0.6) is 0 Å². The van der Waals surface area contributed by atoms with Crippen LogP contribution in [0.25, 0.3) is 0 Å². The van der Waals surface area contributed by atoms with E-state index in [1.165, 1.54) is 32.1 Å². The molecule has 3 aliphatic rings. The number of nitrogens with one attached hydrogen (secondary N) is 1. The molecule has 3 atom stereocenters. The molecule has 21 heavy (non-hydrogen) atoms. The average Bonchev–Trinajstić information content (AvgIpc) is 2.55. The lowest BCUT2D eigenvalue weighted by molar-refractivity contribution is -0.136. The van der Waals surface area contributed by atoms with Crippen molar-refractivity contribution in [2.75, 3.05) is 39.3 Å². The van der Waals surface area contributed by atoms with E-state index in [0.29, 0.717) is 11.9 Å². The highest BCUT2D eigenvalue weighted by Crippen LogP contribution is 2.32. The van der Waals surface area contributed by atoms with Crippen LogP contribution in [-0.2, 0) is 4.79 Å². The third-order valence-electron chi connectivity index (χ3n) is 5.55. The zero-order chi connectivity index (χ0) is 14.7. The van der Waals surface area contributed by atoms with Gasteiger partial charge in [0.25, 0.3) is 0 Å². The Morgan fingerprint density at radius 1 is 1.05 bits per heavy atom. The van der Waals surface area contributed by atoms with Gasteiger partial charge in [0.15, 0.2) is 0 Å². The molecule has 5 nitrogen and oxygen atoms in total. The molecule has 0 aromatic heterocycles. The van der Waals surface area contributed by atoms with Crippen LogP contribution < -0.4 is 5.32 Å². The number of piperazine rings is 1. The fourth-order valence-electron chi connectivity index (χ4n) is 4.24. The van der Waals surface area contributed by atoms with Crippen molar-refractivity contribution in [2.45, 2.75) is 50.6 Å². The third kappa shape index (κ3) is 3.58. The van der Waals surface area contributed by atoms with Crippen LogP contribution >= 0.6 is 0 Å². The lowest BCUT2D eigenvalue weighted by Crippen LogP contribution is -2.58. The summed E-state index contributed by atoms with van der Waals surface area (Å²) in [7, 11) is 0. The fraction of sp³-hybridized carbons (Fsp3) is 0.938. The van der Waals surface area contributed by atoms with Crippen molar-refractivity contribution >= 4 is 5.91 Å². The molecule has 2 heterocycles. The first-order chi connectivity index (χ1) is 10.3. The van der Waals surface area contributed by atoms with Crippen LogP contribution in [0.1, 0.15) is 38.5 Å². The highest BCUT2D eigenvalue weighted by molar-refractivity contribution is 5.82. The van der Waals surface area contributed by atoms with Gasteiger partial charge in [0.1, 0.15) is 0 Å². The Morgan fingerprint density at radius 2 is 1.81 bits per heavy atom. The number of rotatable bonds is 3. The Balaban J connectivity index is 1.49. The van der Waals surface area contributed by atoms with Crippen LogP contribution in [0.15, 0.2) is 0 Å². The smallest absolute Gasteiger partial charge is 0.239 e. The molecule has 0 radical (unpaired) electrons. The van der Waals surface area contributed by atoms with Crippen molar-refractivity contribution in [1.29, 1.82) is 0 Å². The number of fused-ring (bicyclic) bond motifs is 1. The first-order valence-corrected chi connectivity index (χ1v) is 8.66. The summed E-state index contributed by atoms with van der Waals surface area (Å²) >= 11 is 0. The molecule has 0 spiro atoms. The van der Waals surface area contributed by atoms with Crippen LogP contribution in [0, 0.1) is 5.92 Å². The number of aliphatic hydroxyl groups excluding tert-OH is 1.